The van der Waals surface area contributed by atoms with Crippen LogP contribution in [0.2, 0.25) is 0 Å². The lowest BCUT2D eigenvalue weighted by Gasteiger charge is -2.17. The van der Waals surface area contributed by atoms with Gasteiger partial charge in [0.05, 0.1) is 18.0 Å². The number of nitrogens with zero attached hydrogens (tertiary/aromatic N) is 1. The summed E-state index contributed by atoms with van der Waals surface area (Å²) in [6.07, 6.45) is 0. The molecule has 0 saturated heterocycles. The highest BCUT2D eigenvalue weighted by Crippen LogP contribution is 1.87. The molecule has 1 atom stereocenters. The minimum absolute atomic E-state index is 0.248. The zero-order valence-electron chi connectivity index (χ0n) is 6.91. The Morgan fingerprint density at radius 1 is 1.45 bits per heavy atom. The molecule has 0 heterocycles. The second-order valence-electron chi connectivity index (χ2n) is 2.05. The summed E-state index contributed by atoms with van der Waals surface area (Å²) in [7, 11) is 0. The van der Waals surface area contributed by atoms with E-state index in [1.807, 2.05) is 13.8 Å². The first-order valence-electron chi connectivity index (χ1n) is 3.65. The Morgan fingerprint density at radius 3 is 2.36 bits per heavy atom. The van der Waals surface area contributed by atoms with Crippen molar-refractivity contribution in [2.24, 2.45) is 0 Å². The van der Waals surface area contributed by atoms with Gasteiger partial charge in [0.1, 0.15) is 0 Å². The summed E-state index contributed by atoms with van der Waals surface area (Å²) in [4.78, 5) is 2.09. The highest BCUT2D eigenvalue weighted by Gasteiger charge is 1.97. The highest BCUT2D eigenvalue weighted by atomic mass is 32.2. The minimum Gasteiger partial charge on any atom is -0.750 e. The number of rotatable bonds is 6. The van der Waals surface area contributed by atoms with Gasteiger partial charge in [-0.05, 0) is 13.1 Å². The van der Waals surface area contributed by atoms with Crippen LogP contribution in [-0.2, 0) is 15.5 Å². The van der Waals surface area contributed by atoms with Crippen LogP contribution in [0.15, 0.2) is 0 Å². The Labute approximate surface area is 70.0 Å². The fourth-order valence-corrected chi connectivity index (χ4v) is 0.985. The largest absolute Gasteiger partial charge is 0.750 e. The molecule has 0 rings (SSSR count). The Balaban J connectivity index is 3.28. The van der Waals surface area contributed by atoms with Crippen molar-refractivity contribution in [1.29, 1.82) is 0 Å². The summed E-state index contributed by atoms with van der Waals surface area (Å²) in [5.74, 6) is 0. The number of hydrogen-bond acceptors (Lipinski definition) is 4. The Hall–Kier alpha value is 0.0300. The van der Waals surface area contributed by atoms with Crippen LogP contribution in [0.25, 0.3) is 0 Å². The molecule has 0 saturated carbocycles. The molecular weight excluding hydrogens is 166 g/mol. The van der Waals surface area contributed by atoms with E-state index in [1.165, 1.54) is 0 Å². The van der Waals surface area contributed by atoms with E-state index >= 15 is 0 Å². The van der Waals surface area contributed by atoms with Crippen molar-refractivity contribution in [3.05, 3.63) is 0 Å². The van der Waals surface area contributed by atoms with Crippen molar-refractivity contribution >= 4 is 11.4 Å². The molecule has 5 heteroatoms. The van der Waals surface area contributed by atoms with Crippen LogP contribution in [0.5, 0.6) is 0 Å². The molecular formula is C6H14NO3S-. The van der Waals surface area contributed by atoms with E-state index in [0.29, 0.717) is 6.54 Å². The van der Waals surface area contributed by atoms with Gasteiger partial charge in [-0.15, -0.1) is 0 Å². The third-order valence-electron chi connectivity index (χ3n) is 1.48. The summed E-state index contributed by atoms with van der Waals surface area (Å²) in [5.41, 5.74) is 0. The molecule has 0 N–H and O–H groups in total. The van der Waals surface area contributed by atoms with Crippen LogP contribution in [0.4, 0.5) is 0 Å². The van der Waals surface area contributed by atoms with Crippen molar-refractivity contribution < 1.29 is 12.9 Å². The number of likely N-dealkylation sites (N-methyl/N-ethyl adjacent to an activating group) is 1. The summed E-state index contributed by atoms with van der Waals surface area (Å²) < 4.78 is 24.2. The van der Waals surface area contributed by atoms with E-state index in [4.69, 9.17) is 0 Å². The monoisotopic (exact) mass is 180 g/mol. The quantitative estimate of drug-likeness (QED) is 0.545. The first-order valence-corrected chi connectivity index (χ1v) is 4.65. The molecule has 0 fully saturated rings. The summed E-state index contributed by atoms with van der Waals surface area (Å²) >= 11 is -2.36. The molecule has 0 aromatic heterocycles. The number of hydrogen-bond donors (Lipinski definition) is 0. The molecule has 0 spiro atoms. The zero-order valence-corrected chi connectivity index (χ0v) is 7.73. The van der Waals surface area contributed by atoms with Crippen molar-refractivity contribution in [3.8, 4) is 0 Å². The molecule has 0 aromatic carbocycles. The molecule has 1 unspecified atom stereocenters. The van der Waals surface area contributed by atoms with Gasteiger partial charge >= 0.3 is 0 Å². The Morgan fingerprint density at radius 2 is 2.00 bits per heavy atom. The molecule has 0 radical (unpaired) electrons. The third kappa shape index (κ3) is 6.43. The molecule has 68 valence electrons. The first-order chi connectivity index (χ1) is 5.20. The molecule has 0 aliphatic carbocycles. The van der Waals surface area contributed by atoms with Crippen LogP contribution in [0.1, 0.15) is 13.8 Å². The van der Waals surface area contributed by atoms with Crippen molar-refractivity contribution in [1.82, 2.24) is 4.90 Å². The molecule has 0 bridgehead atoms. The van der Waals surface area contributed by atoms with Crippen molar-refractivity contribution in [2.45, 2.75) is 13.8 Å². The van der Waals surface area contributed by atoms with E-state index in [0.717, 1.165) is 13.1 Å². The van der Waals surface area contributed by atoms with Gasteiger partial charge in [0.15, 0.2) is 0 Å². The molecule has 4 nitrogen and oxygen atoms in total. The van der Waals surface area contributed by atoms with Gasteiger partial charge in [-0.1, -0.05) is 13.8 Å². The van der Waals surface area contributed by atoms with Crippen LogP contribution >= 0.6 is 0 Å². The summed E-state index contributed by atoms with van der Waals surface area (Å²) in [6.45, 7) is 6.81. The van der Waals surface area contributed by atoms with Gasteiger partial charge in [0.2, 0.25) is 0 Å². The molecule has 0 amide bonds. The molecule has 0 aliphatic heterocycles. The maximum atomic E-state index is 9.92. The van der Waals surface area contributed by atoms with Crippen molar-refractivity contribution in [2.75, 3.05) is 26.2 Å². The standard InChI is InChI=1S/C6H15NO3S/c1-3-7(4-2)5-6-10-11(8)9/h3-6H2,1-2H3,(H,8,9)/p-1. The third-order valence-corrected chi connectivity index (χ3v) is 1.84. The van der Waals surface area contributed by atoms with Gasteiger partial charge < -0.3 is 9.45 Å². The molecule has 11 heavy (non-hydrogen) atoms. The second kappa shape index (κ2) is 6.72. The van der Waals surface area contributed by atoms with Gasteiger partial charge in [-0.25, -0.2) is 4.21 Å². The first kappa shape index (κ1) is 11.0. The Bertz CT molecular complexity index is 116. The van der Waals surface area contributed by atoms with E-state index in [2.05, 4.69) is 9.08 Å². The SMILES string of the molecule is CCN(CC)CCOS(=O)[O-]. The maximum Gasteiger partial charge on any atom is 0.0842 e. The summed E-state index contributed by atoms with van der Waals surface area (Å²) in [6, 6.07) is 0. The van der Waals surface area contributed by atoms with E-state index in [9.17, 15) is 8.76 Å². The van der Waals surface area contributed by atoms with E-state index < -0.39 is 11.4 Å². The fraction of sp³-hybridized carbons (Fsp3) is 1.00. The minimum atomic E-state index is -2.36. The van der Waals surface area contributed by atoms with Crippen LogP contribution in [-0.4, -0.2) is 39.9 Å². The normalized spacial score (nSPS) is 13.8. The lowest BCUT2D eigenvalue weighted by Crippen LogP contribution is -2.27. The van der Waals surface area contributed by atoms with Gasteiger partial charge in [-0.3, -0.25) is 4.18 Å². The van der Waals surface area contributed by atoms with Crippen LogP contribution in [0.3, 0.4) is 0 Å². The summed E-state index contributed by atoms with van der Waals surface area (Å²) in [5, 5.41) is 0. The van der Waals surface area contributed by atoms with Crippen LogP contribution < -0.4 is 0 Å². The topological polar surface area (TPSA) is 52.6 Å². The van der Waals surface area contributed by atoms with Gasteiger partial charge in [0.25, 0.3) is 0 Å². The lowest BCUT2D eigenvalue weighted by atomic mass is 10.5. The highest BCUT2D eigenvalue weighted by molar-refractivity contribution is 7.74. The smallest absolute Gasteiger partial charge is 0.0842 e. The predicted octanol–water partition coefficient (Wildman–Crippen LogP) is 0.139. The fourth-order valence-electron chi connectivity index (χ4n) is 0.774. The van der Waals surface area contributed by atoms with E-state index in [-0.39, 0.29) is 6.61 Å². The zero-order chi connectivity index (χ0) is 8.69. The molecule has 0 aromatic rings. The van der Waals surface area contributed by atoms with Crippen molar-refractivity contribution in [3.63, 3.8) is 0 Å². The average molecular weight is 180 g/mol. The lowest BCUT2D eigenvalue weighted by molar-refractivity contribution is 0.221. The molecule has 0 aliphatic rings. The average Bonchev–Trinajstić information content (AvgIpc) is 1.98. The maximum absolute atomic E-state index is 9.92. The van der Waals surface area contributed by atoms with Gasteiger partial charge in [-0.2, -0.15) is 0 Å². The predicted molar refractivity (Wildman–Crippen MR) is 42.7 cm³/mol. The Kier molecular flexibility index (Phi) is 6.74. The van der Waals surface area contributed by atoms with E-state index in [1.54, 1.807) is 0 Å². The van der Waals surface area contributed by atoms with Gasteiger partial charge in [0, 0.05) is 6.54 Å². The second-order valence-corrected chi connectivity index (χ2v) is 2.70. The van der Waals surface area contributed by atoms with Crippen LogP contribution in [0, 0.1) is 0 Å².